The molecule has 13 heavy (non-hydrogen) atoms. The summed E-state index contributed by atoms with van der Waals surface area (Å²) in [6.45, 7) is 5.72. The molecule has 0 rings (SSSR count). The van der Waals surface area contributed by atoms with Crippen molar-refractivity contribution in [3.63, 3.8) is 0 Å². The highest BCUT2D eigenvalue weighted by Crippen LogP contribution is 1.93. The van der Waals surface area contributed by atoms with Crippen molar-refractivity contribution in [3.8, 4) is 6.07 Å². The molecule has 0 aromatic rings. The van der Waals surface area contributed by atoms with E-state index in [0.29, 0.717) is 6.42 Å². The Kier molecular flexibility index (Phi) is 10.9. The van der Waals surface area contributed by atoms with Crippen molar-refractivity contribution >= 4 is 0 Å². The second kappa shape index (κ2) is 11.4. The number of nitrogens with one attached hydrogen (secondary N) is 1. The van der Waals surface area contributed by atoms with Gasteiger partial charge in [0.2, 0.25) is 0 Å². The molecule has 0 fully saturated rings. The van der Waals surface area contributed by atoms with Crippen molar-refractivity contribution < 1.29 is 4.74 Å². The highest BCUT2D eigenvalue weighted by molar-refractivity contribution is 4.67. The van der Waals surface area contributed by atoms with Gasteiger partial charge in [-0.1, -0.05) is 6.92 Å². The zero-order valence-electron chi connectivity index (χ0n) is 8.51. The van der Waals surface area contributed by atoms with Crippen LogP contribution in [-0.4, -0.2) is 26.3 Å². The summed E-state index contributed by atoms with van der Waals surface area (Å²) in [5, 5.41) is 11.5. The van der Waals surface area contributed by atoms with E-state index in [1.807, 2.05) is 0 Å². The average molecular weight is 184 g/mol. The molecule has 0 aromatic heterocycles. The quantitative estimate of drug-likeness (QED) is 0.555. The van der Waals surface area contributed by atoms with E-state index in [1.165, 1.54) is 6.42 Å². The molecule has 0 spiro atoms. The monoisotopic (exact) mass is 184 g/mol. The van der Waals surface area contributed by atoms with Crippen LogP contribution in [-0.2, 0) is 4.74 Å². The molecule has 0 heterocycles. The lowest BCUT2D eigenvalue weighted by molar-refractivity contribution is 0.132. The number of hydrogen-bond donors (Lipinski definition) is 1. The lowest BCUT2D eigenvalue weighted by atomic mass is 10.3. The smallest absolute Gasteiger partial charge is 0.0621 e. The highest BCUT2D eigenvalue weighted by Gasteiger charge is 1.89. The summed E-state index contributed by atoms with van der Waals surface area (Å²) in [7, 11) is 0. The molecule has 0 bridgehead atoms. The van der Waals surface area contributed by atoms with Gasteiger partial charge in [0.15, 0.2) is 0 Å². The first-order valence-electron chi connectivity index (χ1n) is 5.07. The Hall–Kier alpha value is -0.590. The van der Waals surface area contributed by atoms with Crippen LogP contribution < -0.4 is 5.32 Å². The van der Waals surface area contributed by atoms with Gasteiger partial charge in [0.25, 0.3) is 0 Å². The summed E-state index contributed by atoms with van der Waals surface area (Å²) < 4.78 is 5.35. The topological polar surface area (TPSA) is 45.0 Å². The molecule has 3 nitrogen and oxygen atoms in total. The number of ether oxygens (including phenoxy) is 1. The van der Waals surface area contributed by atoms with Gasteiger partial charge in [0.05, 0.1) is 12.7 Å². The second-order valence-electron chi connectivity index (χ2n) is 2.98. The van der Waals surface area contributed by atoms with Crippen molar-refractivity contribution in [3.05, 3.63) is 0 Å². The van der Waals surface area contributed by atoms with Gasteiger partial charge in [0, 0.05) is 19.6 Å². The van der Waals surface area contributed by atoms with Crippen LogP contribution in [0, 0.1) is 11.3 Å². The summed E-state index contributed by atoms with van der Waals surface area (Å²) in [6.07, 6.45) is 3.78. The van der Waals surface area contributed by atoms with E-state index < -0.39 is 0 Å². The minimum absolute atomic E-state index is 0.650. The van der Waals surface area contributed by atoms with Crippen molar-refractivity contribution in [2.45, 2.75) is 32.6 Å². The first kappa shape index (κ1) is 12.4. The molecule has 0 saturated carbocycles. The van der Waals surface area contributed by atoms with E-state index in [0.717, 1.165) is 39.1 Å². The third kappa shape index (κ3) is 11.4. The SMILES string of the molecule is CCCNCCOCCCCC#N. The van der Waals surface area contributed by atoms with E-state index in [-0.39, 0.29) is 0 Å². The standard InChI is InChI=1S/C10H20N2O/c1-2-7-12-8-10-13-9-5-3-4-6-11/h12H,2-5,7-10H2,1H3. The highest BCUT2D eigenvalue weighted by atomic mass is 16.5. The van der Waals surface area contributed by atoms with E-state index in [2.05, 4.69) is 18.3 Å². The fraction of sp³-hybridized carbons (Fsp3) is 0.900. The zero-order chi connectivity index (χ0) is 9.78. The van der Waals surface area contributed by atoms with E-state index in [9.17, 15) is 0 Å². The molecule has 1 N–H and O–H groups in total. The lowest BCUT2D eigenvalue weighted by Gasteiger charge is -2.03. The maximum Gasteiger partial charge on any atom is 0.0621 e. The van der Waals surface area contributed by atoms with Crippen LogP contribution in [0.1, 0.15) is 32.6 Å². The average Bonchev–Trinajstić information content (AvgIpc) is 2.16. The molecule has 0 aromatic carbocycles. The van der Waals surface area contributed by atoms with E-state index >= 15 is 0 Å². The number of rotatable bonds is 9. The Morgan fingerprint density at radius 2 is 2.08 bits per heavy atom. The Labute approximate surface area is 81.1 Å². The molecule has 0 aliphatic rings. The third-order valence-corrected chi connectivity index (χ3v) is 1.68. The van der Waals surface area contributed by atoms with Crippen molar-refractivity contribution in [1.82, 2.24) is 5.32 Å². The largest absolute Gasteiger partial charge is 0.380 e. The summed E-state index contributed by atoms with van der Waals surface area (Å²) >= 11 is 0. The maximum atomic E-state index is 8.27. The molecule has 0 amide bonds. The third-order valence-electron chi connectivity index (χ3n) is 1.68. The van der Waals surface area contributed by atoms with E-state index in [1.54, 1.807) is 0 Å². The van der Waals surface area contributed by atoms with E-state index in [4.69, 9.17) is 10.00 Å². The van der Waals surface area contributed by atoms with Crippen LogP contribution >= 0.6 is 0 Å². The Morgan fingerprint density at radius 1 is 1.23 bits per heavy atom. The normalized spacial score (nSPS) is 9.85. The number of nitriles is 1. The Balaban J connectivity index is 2.80. The molecule has 0 atom stereocenters. The van der Waals surface area contributed by atoms with Crippen molar-refractivity contribution in [2.24, 2.45) is 0 Å². The van der Waals surface area contributed by atoms with Gasteiger partial charge in [-0.25, -0.2) is 0 Å². The molecule has 0 unspecified atom stereocenters. The fourth-order valence-corrected chi connectivity index (χ4v) is 0.956. The van der Waals surface area contributed by atoms with Gasteiger partial charge < -0.3 is 10.1 Å². The summed E-state index contributed by atoms with van der Waals surface area (Å²) in [5.74, 6) is 0. The molecular weight excluding hydrogens is 164 g/mol. The summed E-state index contributed by atoms with van der Waals surface area (Å²) in [5.41, 5.74) is 0. The molecule has 0 saturated heterocycles. The van der Waals surface area contributed by atoms with Crippen LogP contribution in [0.15, 0.2) is 0 Å². The van der Waals surface area contributed by atoms with Crippen LogP contribution in [0.2, 0.25) is 0 Å². The molecule has 0 aliphatic heterocycles. The van der Waals surface area contributed by atoms with Crippen LogP contribution in [0.25, 0.3) is 0 Å². The minimum atomic E-state index is 0.650. The number of hydrogen-bond acceptors (Lipinski definition) is 3. The lowest BCUT2D eigenvalue weighted by Crippen LogP contribution is -2.20. The molecule has 0 aliphatic carbocycles. The van der Waals surface area contributed by atoms with Gasteiger partial charge in [-0.15, -0.1) is 0 Å². The van der Waals surface area contributed by atoms with Crippen LogP contribution in [0.4, 0.5) is 0 Å². The van der Waals surface area contributed by atoms with Gasteiger partial charge in [-0.3, -0.25) is 0 Å². The molecule has 0 radical (unpaired) electrons. The Morgan fingerprint density at radius 3 is 2.77 bits per heavy atom. The second-order valence-corrected chi connectivity index (χ2v) is 2.98. The Bertz CT molecular complexity index is 131. The summed E-state index contributed by atoms with van der Waals surface area (Å²) in [6, 6.07) is 2.12. The van der Waals surface area contributed by atoms with Crippen LogP contribution in [0.5, 0.6) is 0 Å². The minimum Gasteiger partial charge on any atom is -0.380 e. The summed E-state index contributed by atoms with van der Waals surface area (Å²) in [4.78, 5) is 0. The first-order valence-corrected chi connectivity index (χ1v) is 5.07. The predicted octanol–water partition coefficient (Wildman–Crippen LogP) is 1.70. The zero-order valence-corrected chi connectivity index (χ0v) is 8.51. The van der Waals surface area contributed by atoms with Crippen LogP contribution in [0.3, 0.4) is 0 Å². The number of unbranched alkanes of at least 4 members (excludes halogenated alkanes) is 2. The predicted molar refractivity (Wildman–Crippen MR) is 53.4 cm³/mol. The molecular formula is C10H20N2O. The first-order chi connectivity index (χ1) is 6.41. The van der Waals surface area contributed by atoms with Gasteiger partial charge in [-0.2, -0.15) is 5.26 Å². The van der Waals surface area contributed by atoms with Gasteiger partial charge in [-0.05, 0) is 25.8 Å². The van der Waals surface area contributed by atoms with Crippen molar-refractivity contribution in [2.75, 3.05) is 26.3 Å². The van der Waals surface area contributed by atoms with Gasteiger partial charge in [0.1, 0.15) is 0 Å². The van der Waals surface area contributed by atoms with Crippen molar-refractivity contribution in [1.29, 1.82) is 5.26 Å². The maximum absolute atomic E-state index is 8.27. The number of nitrogens with zero attached hydrogens (tertiary/aromatic N) is 1. The molecule has 76 valence electrons. The fourth-order valence-electron chi connectivity index (χ4n) is 0.956. The molecule has 3 heteroatoms. The van der Waals surface area contributed by atoms with Gasteiger partial charge >= 0.3 is 0 Å².